The zero-order valence-electron chi connectivity index (χ0n) is 14.8. The Morgan fingerprint density at radius 3 is 2.29 bits per heavy atom. The first-order valence-electron chi connectivity index (χ1n) is 7.82. The number of halogens is 4. The van der Waals surface area contributed by atoms with Gasteiger partial charge in [-0.15, -0.1) is 0 Å². The molecule has 0 saturated heterocycles. The summed E-state index contributed by atoms with van der Waals surface area (Å²) in [7, 11) is 2.63. The number of hydrogen-bond donors (Lipinski definition) is 0. The predicted octanol–water partition coefficient (Wildman–Crippen LogP) is 5.52. The molecule has 0 heterocycles. The van der Waals surface area contributed by atoms with Crippen LogP contribution in [0.2, 0.25) is 0 Å². The Balaban J connectivity index is 2.19. The van der Waals surface area contributed by atoms with E-state index in [2.05, 4.69) is 4.74 Å². The number of ketones is 1. The average Bonchev–Trinajstić information content (AvgIpc) is 2.66. The molecule has 0 fully saturated rings. The Bertz CT molecular complexity index is 856. The van der Waals surface area contributed by atoms with E-state index in [9.17, 15) is 22.4 Å². The van der Waals surface area contributed by atoms with Crippen molar-refractivity contribution in [2.45, 2.75) is 17.3 Å². The molecule has 0 aliphatic rings. The number of alkyl halides is 4. The minimum Gasteiger partial charge on any atom is -0.496 e. The van der Waals surface area contributed by atoms with E-state index in [1.807, 2.05) is 0 Å². The largest absolute Gasteiger partial charge is 0.496 e. The maximum Gasteiger partial charge on any atom is 0.387 e. The number of ether oxygens (including phenoxy) is 3. The summed E-state index contributed by atoms with van der Waals surface area (Å²) in [5.41, 5.74) is 0.764. The van der Waals surface area contributed by atoms with Gasteiger partial charge in [0.25, 0.3) is 5.76 Å². The van der Waals surface area contributed by atoms with Crippen LogP contribution in [0.25, 0.3) is 6.08 Å². The monoisotopic (exact) mass is 416 g/mol. The van der Waals surface area contributed by atoms with Crippen LogP contribution >= 0.6 is 11.8 Å². The van der Waals surface area contributed by atoms with Crippen molar-refractivity contribution in [3.8, 4) is 17.2 Å². The lowest BCUT2D eigenvalue weighted by Crippen LogP contribution is -2.03. The molecule has 0 N–H and O–H groups in total. The maximum atomic E-state index is 12.5. The van der Waals surface area contributed by atoms with Crippen LogP contribution in [0, 0.1) is 0 Å². The quantitative estimate of drug-likeness (QED) is 0.233. The van der Waals surface area contributed by atoms with Crippen LogP contribution in [0.15, 0.2) is 47.4 Å². The van der Waals surface area contributed by atoms with E-state index in [1.165, 1.54) is 62.8 Å². The van der Waals surface area contributed by atoms with Gasteiger partial charge in [0, 0.05) is 5.56 Å². The molecule has 0 aliphatic carbocycles. The second-order valence-electron chi connectivity index (χ2n) is 5.23. The molecule has 0 aliphatic heterocycles. The summed E-state index contributed by atoms with van der Waals surface area (Å²) in [6.45, 7) is -2.99. The Kier molecular flexibility index (Phi) is 7.74. The number of rotatable bonds is 9. The molecule has 0 amide bonds. The number of thioether (sulfide) groups is 1. The molecule has 2 aromatic rings. The van der Waals surface area contributed by atoms with Gasteiger partial charge in [-0.2, -0.15) is 17.6 Å². The normalized spacial score (nSPS) is 11.3. The molecule has 0 atom stereocenters. The van der Waals surface area contributed by atoms with Gasteiger partial charge in [-0.3, -0.25) is 4.79 Å². The Morgan fingerprint density at radius 1 is 0.964 bits per heavy atom. The van der Waals surface area contributed by atoms with Crippen LogP contribution in [0.3, 0.4) is 0 Å². The lowest BCUT2D eigenvalue weighted by molar-refractivity contribution is -0.0512. The molecule has 0 aromatic heterocycles. The summed E-state index contributed by atoms with van der Waals surface area (Å²) < 4.78 is 64.1. The van der Waals surface area contributed by atoms with Gasteiger partial charge in [-0.1, -0.05) is 23.9 Å². The second-order valence-corrected chi connectivity index (χ2v) is 6.26. The molecule has 0 saturated carbocycles. The highest BCUT2D eigenvalue weighted by atomic mass is 32.2. The van der Waals surface area contributed by atoms with Crippen molar-refractivity contribution < 1.29 is 36.6 Å². The summed E-state index contributed by atoms with van der Waals surface area (Å²) in [6.07, 6.45) is 2.72. The summed E-state index contributed by atoms with van der Waals surface area (Å²) in [6, 6.07) is 8.39. The van der Waals surface area contributed by atoms with Crippen LogP contribution in [0.4, 0.5) is 17.6 Å². The first-order valence-corrected chi connectivity index (χ1v) is 8.70. The van der Waals surface area contributed by atoms with Crippen molar-refractivity contribution in [2.75, 3.05) is 14.2 Å². The summed E-state index contributed by atoms with van der Waals surface area (Å²) in [5.74, 6) is -2.87. The fraction of sp³-hybridized carbons (Fsp3) is 0.211. The highest BCUT2D eigenvalue weighted by molar-refractivity contribution is 7.99. The number of carbonyl (C=O) groups is 1. The molecule has 2 aromatic carbocycles. The standard InChI is InChI=1S/C19H16F4O4S/c1-25-15-9-11(4-7-14(15)27-18(20)21)3-6-13(24)12-5-8-17(28-19(22)23)16(10-12)26-2/h3-10,18-19H,1-2H3/b6-3+. The minimum atomic E-state index is -2.99. The van der Waals surface area contributed by atoms with Crippen molar-refractivity contribution in [1.29, 1.82) is 0 Å². The lowest BCUT2D eigenvalue weighted by atomic mass is 10.1. The van der Waals surface area contributed by atoms with E-state index >= 15 is 0 Å². The van der Waals surface area contributed by atoms with E-state index in [4.69, 9.17) is 9.47 Å². The van der Waals surface area contributed by atoms with E-state index in [-0.39, 0.29) is 27.7 Å². The van der Waals surface area contributed by atoms with Gasteiger partial charge in [0.2, 0.25) is 0 Å². The molecule has 150 valence electrons. The molecular formula is C19H16F4O4S. The third-order valence-corrected chi connectivity index (χ3v) is 4.26. The third kappa shape index (κ3) is 5.91. The fourth-order valence-electron chi connectivity index (χ4n) is 2.26. The summed E-state index contributed by atoms with van der Waals surface area (Å²) in [4.78, 5) is 12.6. The van der Waals surface area contributed by atoms with Crippen LogP contribution < -0.4 is 14.2 Å². The first-order chi connectivity index (χ1) is 13.3. The highest BCUT2D eigenvalue weighted by Crippen LogP contribution is 2.34. The molecule has 0 radical (unpaired) electrons. The molecular weight excluding hydrogens is 400 g/mol. The van der Waals surface area contributed by atoms with Gasteiger partial charge in [0.1, 0.15) is 5.75 Å². The predicted molar refractivity (Wildman–Crippen MR) is 97.8 cm³/mol. The van der Waals surface area contributed by atoms with Gasteiger partial charge in [0.05, 0.1) is 19.1 Å². The molecule has 2 rings (SSSR count). The van der Waals surface area contributed by atoms with E-state index < -0.39 is 18.2 Å². The molecule has 9 heteroatoms. The highest BCUT2D eigenvalue weighted by Gasteiger charge is 2.14. The Labute approximate surface area is 163 Å². The van der Waals surface area contributed by atoms with Gasteiger partial charge >= 0.3 is 6.61 Å². The second kappa shape index (κ2) is 10.0. The van der Waals surface area contributed by atoms with Crippen molar-refractivity contribution in [2.24, 2.45) is 0 Å². The number of allylic oxidation sites excluding steroid dienone is 1. The molecule has 4 nitrogen and oxygen atoms in total. The van der Waals surface area contributed by atoms with Crippen molar-refractivity contribution >= 4 is 23.6 Å². The molecule has 0 bridgehead atoms. The van der Waals surface area contributed by atoms with E-state index in [0.29, 0.717) is 17.3 Å². The van der Waals surface area contributed by atoms with Crippen LogP contribution in [0.5, 0.6) is 17.2 Å². The van der Waals surface area contributed by atoms with Crippen LogP contribution in [-0.2, 0) is 0 Å². The molecule has 0 spiro atoms. The Hall–Kier alpha value is -2.68. The SMILES string of the molecule is COc1cc(/C=C/C(=O)c2ccc(SC(F)F)c(OC)c2)ccc1OC(F)F. The minimum absolute atomic E-state index is 0.0879. The van der Waals surface area contributed by atoms with Gasteiger partial charge in [-0.05, 0) is 42.0 Å². The van der Waals surface area contributed by atoms with Crippen molar-refractivity contribution in [3.05, 3.63) is 53.6 Å². The first kappa shape index (κ1) is 21.6. The van der Waals surface area contributed by atoms with Crippen LogP contribution in [-0.4, -0.2) is 32.4 Å². The number of benzene rings is 2. The summed E-state index contributed by atoms with van der Waals surface area (Å²) >= 11 is 0.323. The van der Waals surface area contributed by atoms with Gasteiger partial charge in [-0.25, -0.2) is 0 Å². The molecule has 0 unspecified atom stereocenters. The third-order valence-electron chi connectivity index (χ3n) is 3.50. The van der Waals surface area contributed by atoms with E-state index in [1.54, 1.807) is 0 Å². The number of methoxy groups -OCH3 is 2. The summed E-state index contributed by atoms with van der Waals surface area (Å²) in [5, 5.41) is 0. The number of carbonyl (C=O) groups excluding carboxylic acids is 1. The van der Waals surface area contributed by atoms with E-state index in [0.717, 1.165) is 0 Å². The molecule has 28 heavy (non-hydrogen) atoms. The lowest BCUT2D eigenvalue weighted by Gasteiger charge is -2.10. The smallest absolute Gasteiger partial charge is 0.387 e. The fourth-order valence-corrected chi connectivity index (χ4v) is 2.86. The average molecular weight is 416 g/mol. The zero-order valence-corrected chi connectivity index (χ0v) is 15.6. The zero-order chi connectivity index (χ0) is 20.7. The van der Waals surface area contributed by atoms with Crippen molar-refractivity contribution in [1.82, 2.24) is 0 Å². The van der Waals surface area contributed by atoms with Crippen molar-refractivity contribution in [3.63, 3.8) is 0 Å². The Morgan fingerprint density at radius 2 is 1.68 bits per heavy atom. The van der Waals surface area contributed by atoms with Crippen LogP contribution in [0.1, 0.15) is 15.9 Å². The van der Waals surface area contributed by atoms with Gasteiger partial charge in [0.15, 0.2) is 17.3 Å². The maximum absolute atomic E-state index is 12.5. The number of hydrogen-bond acceptors (Lipinski definition) is 5. The topological polar surface area (TPSA) is 44.8 Å². The van der Waals surface area contributed by atoms with Gasteiger partial charge < -0.3 is 14.2 Å².